The molecule has 0 radical (unpaired) electrons. The van der Waals surface area contributed by atoms with Crippen molar-refractivity contribution in [1.29, 1.82) is 0 Å². The largest absolute Gasteiger partial charge is 0.396 e. The van der Waals surface area contributed by atoms with Crippen molar-refractivity contribution in [1.82, 2.24) is 0 Å². The topological polar surface area (TPSA) is 60.7 Å². The summed E-state index contributed by atoms with van der Waals surface area (Å²) in [6, 6.07) is 0. The van der Waals surface area contributed by atoms with E-state index in [2.05, 4.69) is 0 Å². The van der Waals surface area contributed by atoms with Crippen LogP contribution >= 0.6 is 0 Å². The predicted molar refractivity (Wildman–Crippen MR) is 115 cm³/mol. The normalized spacial score (nSPS) is 23.6. The Hall–Kier alpha value is -0.120. The van der Waals surface area contributed by atoms with Crippen LogP contribution in [0.1, 0.15) is 116 Å². The fourth-order valence-corrected chi connectivity index (χ4v) is 4.93. The van der Waals surface area contributed by atoms with Gasteiger partial charge in [-0.05, 0) is 50.4 Å². The van der Waals surface area contributed by atoms with Crippen molar-refractivity contribution in [2.24, 2.45) is 17.8 Å². The van der Waals surface area contributed by atoms with E-state index in [4.69, 9.17) is 15.3 Å². The Morgan fingerprint density at radius 1 is 0.630 bits per heavy atom. The molecule has 3 heteroatoms. The van der Waals surface area contributed by atoms with E-state index in [1.807, 2.05) is 6.92 Å². The van der Waals surface area contributed by atoms with Gasteiger partial charge >= 0.3 is 0 Å². The molecule has 3 aliphatic rings. The van der Waals surface area contributed by atoms with E-state index in [1.165, 1.54) is 96.3 Å². The Labute approximate surface area is 169 Å². The van der Waals surface area contributed by atoms with Gasteiger partial charge in [-0.15, -0.1) is 0 Å². The highest BCUT2D eigenvalue weighted by atomic mass is 16.3. The van der Waals surface area contributed by atoms with Crippen LogP contribution in [0.4, 0.5) is 0 Å². The van der Waals surface area contributed by atoms with Gasteiger partial charge in [-0.25, -0.2) is 0 Å². The Morgan fingerprint density at radius 3 is 1.37 bits per heavy atom. The standard InChI is InChI=1S/C9H18O.C8H16O.C7H14O/c1-8(10)7-9-5-3-2-4-6-9;9-7-6-8-4-2-1-3-5-8;8-6-7-4-2-1-3-5-7/h8-10H,2-7H2,1H3;8-9H,1-7H2;7-8H,1-6H2. The van der Waals surface area contributed by atoms with E-state index >= 15 is 0 Å². The fraction of sp³-hybridized carbons (Fsp3) is 1.00. The zero-order valence-corrected chi connectivity index (χ0v) is 18.1. The highest BCUT2D eigenvalue weighted by molar-refractivity contribution is 4.67. The highest BCUT2D eigenvalue weighted by Crippen LogP contribution is 2.27. The summed E-state index contributed by atoms with van der Waals surface area (Å²) in [4.78, 5) is 0. The number of hydrogen-bond donors (Lipinski definition) is 3. The minimum Gasteiger partial charge on any atom is -0.396 e. The van der Waals surface area contributed by atoms with Crippen LogP contribution in [0.5, 0.6) is 0 Å². The SMILES string of the molecule is CC(O)CC1CCCCC1.OCC1CCCCC1.OCCC1CCCCC1. The third-order valence-electron chi connectivity index (χ3n) is 6.64. The average Bonchev–Trinajstić information content (AvgIpc) is 2.71. The molecule has 27 heavy (non-hydrogen) atoms. The summed E-state index contributed by atoms with van der Waals surface area (Å²) < 4.78 is 0. The van der Waals surface area contributed by atoms with Gasteiger partial charge in [0.05, 0.1) is 6.10 Å². The minimum absolute atomic E-state index is 0.0805. The van der Waals surface area contributed by atoms with Crippen LogP contribution in [0.3, 0.4) is 0 Å². The second-order valence-corrected chi connectivity index (χ2v) is 9.29. The van der Waals surface area contributed by atoms with E-state index in [9.17, 15) is 0 Å². The molecule has 0 bridgehead atoms. The molecule has 0 aromatic carbocycles. The number of rotatable bonds is 5. The third-order valence-corrected chi connectivity index (χ3v) is 6.64. The van der Waals surface area contributed by atoms with E-state index in [-0.39, 0.29) is 6.10 Å². The van der Waals surface area contributed by atoms with Crippen molar-refractivity contribution in [3.63, 3.8) is 0 Å². The van der Waals surface area contributed by atoms with E-state index in [0.29, 0.717) is 19.1 Å². The Kier molecular flexibility index (Phi) is 15.5. The van der Waals surface area contributed by atoms with Gasteiger partial charge < -0.3 is 15.3 Å². The lowest BCUT2D eigenvalue weighted by atomic mass is 9.86. The van der Waals surface area contributed by atoms with Crippen molar-refractivity contribution >= 4 is 0 Å². The number of hydrogen-bond acceptors (Lipinski definition) is 3. The van der Waals surface area contributed by atoms with Crippen molar-refractivity contribution in [3.8, 4) is 0 Å². The molecule has 0 aromatic heterocycles. The highest BCUT2D eigenvalue weighted by Gasteiger charge is 2.14. The molecule has 3 aliphatic carbocycles. The summed E-state index contributed by atoms with van der Waals surface area (Å²) in [6.07, 6.45) is 22.4. The van der Waals surface area contributed by atoms with Gasteiger partial charge in [0.15, 0.2) is 0 Å². The maximum Gasteiger partial charge on any atom is 0.0514 e. The average molecular weight is 385 g/mol. The second-order valence-electron chi connectivity index (χ2n) is 9.29. The number of aliphatic hydroxyl groups excluding tert-OH is 3. The van der Waals surface area contributed by atoms with Crippen molar-refractivity contribution in [2.75, 3.05) is 13.2 Å². The molecular weight excluding hydrogens is 336 g/mol. The fourth-order valence-electron chi connectivity index (χ4n) is 4.93. The van der Waals surface area contributed by atoms with Crippen molar-refractivity contribution in [2.45, 2.75) is 122 Å². The minimum atomic E-state index is -0.0805. The predicted octanol–water partition coefficient (Wildman–Crippen LogP) is 5.85. The van der Waals surface area contributed by atoms with Gasteiger partial charge in [0, 0.05) is 13.2 Å². The van der Waals surface area contributed by atoms with E-state index < -0.39 is 0 Å². The molecule has 3 rings (SSSR count). The van der Waals surface area contributed by atoms with Gasteiger partial charge in [0.1, 0.15) is 0 Å². The Balaban J connectivity index is 0.000000204. The Bertz CT molecular complexity index is 298. The van der Waals surface area contributed by atoms with Crippen LogP contribution in [0.2, 0.25) is 0 Å². The smallest absolute Gasteiger partial charge is 0.0514 e. The van der Waals surface area contributed by atoms with Gasteiger partial charge in [0.2, 0.25) is 0 Å². The maximum atomic E-state index is 9.10. The summed E-state index contributed by atoms with van der Waals surface area (Å²) >= 11 is 0. The van der Waals surface area contributed by atoms with Crippen LogP contribution in [0, 0.1) is 17.8 Å². The summed E-state index contributed by atoms with van der Waals surface area (Å²) in [7, 11) is 0. The third kappa shape index (κ3) is 13.7. The molecule has 1 atom stereocenters. The summed E-state index contributed by atoms with van der Waals surface area (Å²) in [6.45, 7) is 2.71. The molecule has 3 fully saturated rings. The molecule has 0 aromatic rings. The van der Waals surface area contributed by atoms with Crippen LogP contribution in [-0.4, -0.2) is 34.6 Å². The molecule has 1 unspecified atom stereocenters. The summed E-state index contributed by atoms with van der Waals surface area (Å²) in [5, 5.41) is 26.4. The number of aliphatic hydroxyl groups is 3. The van der Waals surface area contributed by atoms with Crippen molar-refractivity contribution in [3.05, 3.63) is 0 Å². The molecule has 0 spiro atoms. The molecule has 0 saturated heterocycles. The Morgan fingerprint density at radius 2 is 1.04 bits per heavy atom. The van der Waals surface area contributed by atoms with Gasteiger partial charge in [-0.3, -0.25) is 0 Å². The van der Waals surface area contributed by atoms with Crippen LogP contribution < -0.4 is 0 Å². The molecule has 3 nitrogen and oxygen atoms in total. The zero-order chi connectivity index (χ0) is 19.7. The van der Waals surface area contributed by atoms with E-state index in [1.54, 1.807) is 0 Å². The molecule has 162 valence electrons. The molecular formula is C24H48O3. The maximum absolute atomic E-state index is 9.10. The van der Waals surface area contributed by atoms with Crippen LogP contribution in [0.25, 0.3) is 0 Å². The first-order valence-corrected chi connectivity index (χ1v) is 12.1. The molecule has 0 aliphatic heterocycles. The lowest BCUT2D eigenvalue weighted by Gasteiger charge is -2.22. The first-order valence-electron chi connectivity index (χ1n) is 12.1. The summed E-state index contributed by atoms with van der Waals surface area (Å²) in [5.41, 5.74) is 0. The summed E-state index contributed by atoms with van der Waals surface area (Å²) in [5.74, 6) is 2.32. The van der Waals surface area contributed by atoms with Gasteiger partial charge in [-0.2, -0.15) is 0 Å². The van der Waals surface area contributed by atoms with Gasteiger partial charge in [-0.1, -0.05) is 83.5 Å². The van der Waals surface area contributed by atoms with Crippen LogP contribution in [-0.2, 0) is 0 Å². The molecule has 3 saturated carbocycles. The lowest BCUT2D eigenvalue weighted by molar-refractivity contribution is 0.146. The second kappa shape index (κ2) is 16.8. The molecule has 0 heterocycles. The first kappa shape index (κ1) is 24.9. The molecule has 3 N–H and O–H groups in total. The van der Waals surface area contributed by atoms with Crippen molar-refractivity contribution < 1.29 is 15.3 Å². The first-order chi connectivity index (χ1) is 13.2. The monoisotopic (exact) mass is 384 g/mol. The van der Waals surface area contributed by atoms with Crippen LogP contribution in [0.15, 0.2) is 0 Å². The van der Waals surface area contributed by atoms with Gasteiger partial charge in [0.25, 0.3) is 0 Å². The zero-order valence-electron chi connectivity index (χ0n) is 18.1. The molecule has 0 amide bonds. The lowest BCUT2D eigenvalue weighted by Crippen LogP contribution is -2.12. The van der Waals surface area contributed by atoms with E-state index in [0.717, 1.165) is 24.7 Å². The quantitative estimate of drug-likeness (QED) is 0.557.